The molecule has 0 aromatic rings. The van der Waals surface area contributed by atoms with Crippen molar-refractivity contribution in [2.75, 3.05) is 0 Å². The van der Waals surface area contributed by atoms with E-state index in [1.54, 1.807) is 6.08 Å². The summed E-state index contributed by atoms with van der Waals surface area (Å²) in [6.45, 7) is 8.06. The second kappa shape index (κ2) is 4.09. The summed E-state index contributed by atoms with van der Waals surface area (Å²) in [5.74, 6) is 0.788. The number of rotatable bonds is 0. The van der Waals surface area contributed by atoms with Gasteiger partial charge in [0.25, 0.3) is 0 Å². The molecule has 0 spiro atoms. The molecule has 0 saturated heterocycles. The van der Waals surface area contributed by atoms with Crippen LogP contribution in [0.4, 0.5) is 0 Å². The molecular formula is C15H22O2. The average Bonchev–Trinajstić information content (AvgIpc) is 2.47. The molecule has 1 fully saturated rings. The Morgan fingerprint density at radius 2 is 2.12 bits per heavy atom. The average molecular weight is 234 g/mol. The van der Waals surface area contributed by atoms with E-state index in [1.165, 1.54) is 0 Å². The summed E-state index contributed by atoms with van der Waals surface area (Å²) in [4.78, 5) is 12.1. The Bertz CT molecular complexity index is 413. The topological polar surface area (TPSA) is 37.3 Å². The summed E-state index contributed by atoms with van der Waals surface area (Å²) in [6.07, 6.45) is 4.23. The molecule has 2 aliphatic carbocycles. The molecule has 17 heavy (non-hydrogen) atoms. The lowest BCUT2D eigenvalue weighted by molar-refractivity contribution is -0.111. The van der Waals surface area contributed by atoms with Gasteiger partial charge in [-0.25, -0.2) is 0 Å². The third-order valence-electron chi connectivity index (χ3n) is 4.64. The SMILES string of the molecule is CC1=CC(=O)C(=C(C)C)C[C@@H]2[C@H](C)CC[C@]12O. The zero-order chi connectivity index (χ0) is 12.8. The molecule has 1 N–H and O–H groups in total. The van der Waals surface area contributed by atoms with E-state index in [0.29, 0.717) is 5.92 Å². The van der Waals surface area contributed by atoms with Crippen molar-refractivity contribution in [1.82, 2.24) is 0 Å². The van der Waals surface area contributed by atoms with Gasteiger partial charge in [0, 0.05) is 0 Å². The molecular weight excluding hydrogens is 212 g/mol. The molecule has 0 aromatic heterocycles. The fraction of sp³-hybridized carbons (Fsp3) is 0.667. The van der Waals surface area contributed by atoms with Crippen LogP contribution in [-0.4, -0.2) is 16.5 Å². The summed E-state index contributed by atoms with van der Waals surface area (Å²) in [5.41, 5.74) is 2.10. The van der Waals surface area contributed by atoms with E-state index in [1.807, 2.05) is 20.8 Å². The summed E-state index contributed by atoms with van der Waals surface area (Å²) in [5, 5.41) is 10.8. The molecule has 0 unspecified atom stereocenters. The lowest BCUT2D eigenvalue weighted by Gasteiger charge is -2.31. The molecule has 0 bridgehead atoms. The van der Waals surface area contributed by atoms with Gasteiger partial charge in [-0.3, -0.25) is 4.79 Å². The highest BCUT2D eigenvalue weighted by atomic mass is 16.3. The van der Waals surface area contributed by atoms with Gasteiger partial charge in [0.2, 0.25) is 0 Å². The minimum absolute atomic E-state index is 0.0949. The van der Waals surface area contributed by atoms with Gasteiger partial charge in [0.05, 0.1) is 5.60 Å². The van der Waals surface area contributed by atoms with Crippen LogP contribution in [0.25, 0.3) is 0 Å². The molecule has 2 heteroatoms. The van der Waals surface area contributed by atoms with Gasteiger partial charge in [0.1, 0.15) is 0 Å². The van der Waals surface area contributed by atoms with Gasteiger partial charge in [-0.2, -0.15) is 0 Å². The largest absolute Gasteiger partial charge is 0.385 e. The number of carbonyl (C=O) groups is 1. The van der Waals surface area contributed by atoms with Gasteiger partial charge in [-0.05, 0) is 69.1 Å². The Balaban J connectivity index is 2.50. The van der Waals surface area contributed by atoms with Crippen molar-refractivity contribution in [2.45, 2.75) is 52.6 Å². The smallest absolute Gasteiger partial charge is 0.181 e. The predicted octanol–water partition coefficient (Wildman–Crippen LogP) is 3.02. The number of aliphatic hydroxyl groups is 1. The van der Waals surface area contributed by atoms with Gasteiger partial charge < -0.3 is 5.11 Å². The molecule has 0 aliphatic heterocycles. The third-order valence-corrected chi connectivity index (χ3v) is 4.64. The van der Waals surface area contributed by atoms with Crippen LogP contribution < -0.4 is 0 Å². The van der Waals surface area contributed by atoms with Crippen LogP contribution in [0.2, 0.25) is 0 Å². The van der Waals surface area contributed by atoms with Crippen molar-refractivity contribution in [3.8, 4) is 0 Å². The summed E-state index contributed by atoms with van der Waals surface area (Å²) in [7, 11) is 0. The first-order chi connectivity index (χ1) is 7.86. The third kappa shape index (κ3) is 1.89. The second-order valence-corrected chi connectivity index (χ2v) is 5.92. The van der Waals surface area contributed by atoms with Crippen LogP contribution in [-0.2, 0) is 4.79 Å². The van der Waals surface area contributed by atoms with E-state index < -0.39 is 5.60 Å². The van der Waals surface area contributed by atoms with Crippen molar-refractivity contribution >= 4 is 5.78 Å². The molecule has 2 rings (SSSR count). The zero-order valence-electron chi connectivity index (χ0n) is 11.2. The van der Waals surface area contributed by atoms with Gasteiger partial charge in [-0.15, -0.1) is 0 Å². The Morgan fingerprint density at radius 3 is 2.71 bits per heavy atom. The second-order valence-electron chi connectivity index (χ2n) is 5.92. The first-order valence-corrected chi connectivity index (χ1v) is 6.48. The maximum atomic E-state index is 12.1. The van der Waals surface area contributed by atoms with E-state index in [-0.39, 0.29) is 11.7 Å². The predicted molar refractivity (Wildman–Crippen MR) is 68.6 cm³/mol. The maximum absolute atomic E-state index is 12.1. The van der Waals surface area contributed by atoms with Crippen LogP contribution in [0.1, 0.15) is 47.0 Å². The van der Waals surface area contributed by atoms with Crippen LogP contribution in [0, 0.1) is 11.8 Å². The van der Waals surface area contributed by atoms with E-state index in [0.717, 1.165) is 36.0 Å². The lowest BCUT2D eigenvalue weighted by atomic mass is 9.79. The van der Waals surface area contributed by atoms with Crippen molar-refractivity contribution < 1.29 is 9.90 Å². The molecule has 0 amide bonds. The van der Waals surface area contributed by atoms with Crippen molar-refractivity contribution in [2.24, 2.45) is 11.8 Å². The molecule has 0 radical (unpaired) electrons. The summed E-state index contributed by atoms with van der Waals surface area (Å²) in [6, 6.07) is 0. The van der Waals surface area contributed by atoms with E-state index >= 15 is 0 Å². The lowest BCUT2D eigenvalue weighted by Crippen LogP contribution is -2.35. The normalized spacial score (nSPS) is 37.6. The molecule has 1 saturated carbocycles. The Labute approximate surface area is 103 Å². The first kappa shape index (κ1) is 12.6. The minimum Gasteiger partial charge on any atom is -0.385 e. The molecule has 0 aromatic carbocycles. The van der Waals surface area contributed by atoms with Crippen molar-refractivity contribution in [3.05, 3.63) is 22.8 Å². The van der Waals surface area contributed by atoms with E-state index in [2.05, 4.69) is 6.92 Å². The standard InChI is InChI=1S/C15H22O2/c1-9(2)12-8-13-10(3)5-6-15(13,17)11(4)7-14(12)16/h7,10,13,17H,5-6,8H2,1-4H3/t10-,13-,15+/m1/s1. The molecule has 94 valence electrons. The number of allylic oxidation sites excluding steroid dienone is 3. The fourth-order valence-corrected chi connectivity index (χ4v) is 3.34. The number of hydrogen-bond donors (Lipinski definition) is 1. The van der Waals surface area contributed by atoms with Crippen molar-refractivity contribution in [3.63, 3.8) is 0 Å². The quantitative estimate of drug-likeness (QED) is 0.654. The number of ketones is 1. The number of carbonyl (C=O) groups excluding carboxylic acids is 1. The highest BCUT2D eigenvalue weighted by Gasteiger charge is 2.48. The molecule has 0 heterocycles. The van der Waals surface area contributed by atoms with Gasteiger partial charge >= 0.3 is 0 Å². The number of fused-ring (bicyclic) bond motifs is 1. The van der Waals surface area contributed by atoms with Crippen LogP contribution >= 0.6 is 0 Å². The van der Waals surface area contributed by atoms with E-state index in [9.17, 15) is 9.90 Å². The monoisotopic (exact) mass is 234 g/mol. The highest BCUT2D eigenvalue weighted by molar-refractivity contribution is 6.05. The van der Waals surface area contributed by atoms with Crippen LogP contribution in [0.5, 0.6) is 0 Å². The van der Waals surface area contributed by atoms with Crippen molar-refractivity contribution in [1.29, 1.82) is 0 Å². The molecule has 3 atom stereocenters. The first-order valence-electron chi connectivity index (χ1n) is 6.48. The van der Waals surface area contributed by atoms with Gasteiger partial charge in [-0.1, -0.05) is 12.5 Å². The van der Waals surface area contributed by atoms with Crippen LogP contribution in [0.15, 0.2) is 22.8 Å². The molecule has 2 aliphatic rings. The Hall–Kier alpha value is -0.890. The highest BCUT2D eigenvalue weighted by Crippen LogP contribution is 2.49. The maximum Gasteiger partial charge on any atom is 0.181 e. The van der Waals surface area contributed by atoms with Crippen LogP contribution in [0.3, 0.4) is 0 Å². The minimum atomic E-state index is -0.744. The van der Waals surface area contributed by atoms with E-state index in [4.69, 9.17) is 0 Å². The molecule has 2 nitrogen and oxygen atoms in total. The Kier molecular flexibility index (Phi) is 3.03. The van der Waals surface area contributed by atoms with Gasteiger partial charge in [0.15, 0.2) is 5.78 Å². The Morgan fingerprint density at radius 1 is 1.47 bits per heavy atom. The summed E-state index contributed by atoms with van der Waals surface area (Å²) < 4.78 is 0. The summed E-state index contributed by atoms with van der Waals surface area (Å²) >= 11 is 0. The fourth-order valence-electron chi connectivity index (χ4n) is 3.34. The zero-order valence-corrected chi connectivity index (χ0v) is 11.2. The number of hydrogen-bond acceptors (Lipinski definition) is 2.